The summed E-state index contributed by atoms with van der Waals surface area (Å²) in [4.78, 5) is 18.9. The molecule has 0 saturated heterocycles. The number of nitrogens with zero attached hydrogens (tertiary/aromatic N) is 3. The highest BCUT2D eigenvalue weighted by Crippen LogP contribution is 2.32. The zero-order valence-electron chi connectivity index (χ0n) is 17.4. The largest absolute Gasteiger partial charge is 0.494 e. The van der Waals surface area contributed by atoms with E-state index in [1.807, 2.05) is 12.3 Å². The van der Waals surface area contributed by atoms with Crippen molar-refractivity contribution in [3.63, 3.8) is 0 Å². The second kappa shape index (κ2) is 8.18. The Morgan fingerprint density at radius 1 is 1.30 bits per heavy atom. The van der Waals surface area contributed by atoms with E-state index in [1.165, 1.54) is 30.4 Å². The van der Waals surface area contributed by atoms with Gasteiger partial charge in [-0.3, -0.25) is 0 Å². The number of benzene rings is 1. The van der Waals surface area contributed by atoms with E-state index in [4.69, 9.17) is 4.74 Å². The molecule has 1 aliphatic rings. The van der Waals surface area contributed by atoms with Gasteiger partial charge in [-0.25, -0.2) is 14.2 Å². The molecule has 0 fully saturated rings. The van der Waals surface area contributed by atoms with Crippen LogP contribution in [-0.4, -0.2) is 40.7 Å². The molecule has 7 heteroatoms. The van der Waals surface area contributed by atoms with Crippen LogP contribution in [0.25, 0.3) is 16.6 Å². The van der Waals surface area contributed by atoms with Crippen LogP contribution in [0.3, 0.4) is 0 Å². The predicted octanol–water partition coefficient (Wildman–Crippen LogP) is 5.09. The van der Waals surface area contributed by atoms with E-state index >= 15 is 0 Å². The topological polar surface area (TPSA) is 59.4 Å². The number of amides is 2. The number of carbonyl (C=O) groups excluding carboxylic acids is 1. The number of carbonyl (C=O) groups is 1. The smallest absolute Gasteiger partial charge is 0.322 e. The van der Waals surface area contributed by atoms with Crippen molar-refractivity contribution in [2.75, 3.05) is 25.5 Å². The van der Waals surface area contributed by atoms with Crippen LogP contribution in [0.15, 0.2) is 48.8 Å². The van der Waals surface area contributed by atoms with Gasteiger partial charge in [0.25, 0.3) is 0 Å². The van der Waals surface area contributed by atoms with Crippen molar-refractivity contribution in [1.82, 2.24) is 14.5 Å². The molecule has 3 aromatic rings. The van der Waals surface area contributed by atoms with Gasteiger partial charge in [0.15, 0.2) is 11.6 Å². The average Bonchev–Trinajstić information content (AvgIpc) is 3.14. The number of aromatic nitrogens is 2. The van der Waals surface area contributed by atoms with E-state index in [0.29, 0.717) is 24.8 Å². The molecular weight excluding hydrogens is 383 g/mol. The van der Waals surface area contributed by atoms with Crippen molar-refractivity contribution in [1.29, 1.82) is 0 Å². The van der Waals surface area contributed by atoms with E-state index in [1.54, 1.807) is 11.0 Å². The number of pyridine rings is 1. The number of hydrogen-bond donors (Lipinski definition) is 1. The quantitative estimate of drug-likeness (QED) is 0.654. The van der Waals surface area contributed by atoms with Gasteiger partial charge < -0.3 is 19.5 Å². The molecule has 0 bridgehead atoms. The molecular formula is C23H25FN4O2. The maximum atomic E-state index is 13.9. The van der Waals surface area contributed by atoms with Gasteiger partial charge in [0, 0.05) is 54.2 Å². The summed E-state index contributed by atoms with van der Waals surface area (Å²) in [7, 11) is 1.41. The molecule has 6 nitrogen and oxygen atoms in total. The number of rotatable bonds is 4. The minimum absolute atomic E-state index is 0.147. The summed E-state index contributed by atoms with van der Waals surface area (Å²) in [5.74, 6) is -0.361. The lowest BCUT2D eigenvalue weighted by Gasteiger charge is -2.26. The molecule has 156 valence electrons. The summed E-state index contributed by atoms with van der Waals surface area (Å²) >= 11 is 0. The minimum atomic E-state index is -0.508. The van der Waals surface area contributed by atoms with Crippen LogP contribution >= 0.6 is 0 Å². The molecule has 0 unspecified atom stereocenters. The molecule has 1 aliphatic heterocycles. The SMILES string of the molecule is COc1ccc(NC(=O)N2CC=C(c3cn(C(C)C)c4ncccc34)CC2)cc1F. The Kier molecular flexibility index (Phi) is 5.44. The predicted molar refractivity (Wildman–Crippen MR) is 116 cm³/mol. The first kappa shape index (κ1) is 19.9. The molecule has 4 rings (SSSR count). The average molecular weight is 408 g/mol. The highest BCUT2D eigenvalue weighted by molar-refractivity contribution is 5.93. The molecule has 1 N–H and O–H groups in total. The van der Waals surface area contributed by atoms with E-state index in [0.717, 1.165) is 17.5 Å². The monoisotopic (exact) mass is 408 g/mol. The lowest BCUT2D eigenvalue weighted by molar-refractivity contribution is 0.217. The van der Waals surface area contributed by atoms with Gasteiger partial charge in [0.2, 0.25) is 0 Å². The highest BCUT2D eigenvalue weighted by Gasteiger charge is 2.21. The molecule has 0 aliphatic carbocycles. The van der Waals surface area contributed by atoms with E-state index in [2.05, 4.69) is 47.1 Å². The number of hydrogen-bond acceptors (Lipinski definition) is 3. The third-order valence-electron chi connectivity index (χ3n) is 5.39. The number of ether oxygens (including phenoxy) is 1. The van der Waals surface area contributed by atoms with Crippen LogP contribution in [0.2, 0.25) is 0 Å². The third-order valence-corrected chi connectivity index (χ3v) is 5.39. The van der Waals surface area contributed by atoms with E-state index < -0.39 is 5.82 Å². The van der Waals surface area contributed by atoms with Gasteiger partial charge in [-0.05, 0) is 50.1 Å². The molecule has 3 heterocycles. The van der Waals surface area contributed by atoms with Gasteiger partial charge in [0.1, 0.15) is 5.65 Å². The number of anilines is 1. The Morgan fingerprint density at radius 3 is 2.80 bits per heavy atom. The highest BCUT2D eigenvalue weighted by atomic mass is 19.1. The van der Waals surface area contributed by atoms with Crippen LogP contribution in [0.5, 0.6) is 5.75 Å². The van der Waals surface area contributed by atoms with E-state index in [-0.39, 0.29) is 11.8 Å². The molecule has 1 aromatic carbocycles. The van der Waals surface area contributed by atoms with Crippen molar-refractivity contribution in [3.8, 4) is 5.75 Å². The fraction of sp³-hybridized carbons (Fsp3) is 0.304. The van der Waals surface area contributed by atoms with Gasteiger partial charge >= 0.3 is 6.03 Å². The number of methoxy groups -OCH3 is 1. The zero-order valence-corrected chi connectivity index (χ0v) is 17.4. The van der Waals surface area contributed by atoms with Crippen LogP contribution < -0.4 is 10.1 Å². The lowest BCUT2D eigenvalue weighted by Crippen LogP contribution is -2.37. The van der Waals surface area contributed by atoms with Crippen LogP contribution in [0.4, 0.5) is 14.9 Å². The van der Waals surface area contributed by atoms with Crippen LogP contribution in [0, 0.1) is 5.82 Å². The maximum absolute atomic E-state index is 13.9. The summed E-state index contributed by atoms with van der Waals surface area (Å²) in [6.45, 7) is 5.36. The Morgan fingerprint density at radius 2 is 2.13 bits per heavy atom. The fourth-order valence-electron chi connectivity index (χ4n) is 3.78. The summed E-state index contributed by atoms with van der Waals surface area (Å²) in [5.41, 5.74) is 3.76. The second-order valence-corrected chi connectivity index (χ2v) is 7.62. The standard InChI is InChI=1S/C23H25FN4O2/c1-15(2)28-14-19(18-5-4-10-25-22(18)28)16-8-11-27(12-9-16)23(29)26-17-6-7-21(30-3)20(24)13-17/h4-8,10,13-15H,9,11-12H2,1-3H3,(H,26,29). The summed E-state index contributed by atoms with van der Waals surface area (Å²) in [5, 5.41) is 3.88. The normalized spacial score (nSPS) is 14.2. The van der Waals surface area contributed by atoms with Crippen LogP contribution in [0.1, 0.15) is 31.9 Å². The molecule has 30 heavy (non-hydrogen) atoms. The Bertz CT molecular complexity index is 1120. The molecule has 0 radical (unpaired) electrons. The maximum Gasteiger partial charge on any atom is 0.322 e. The van der Waals surface area contributed by atoms with Crippen molar-refractivity contribution in [2.24, 2.45) is 0 Å². The zero-order chi connectivity index (χ0) is 21.3. The Hall–Kier alpha value is -3.35. The first-order valence-corrected chi connectivity index (χ1v) is 10.0. The second-order valence-electron chi connectivity index (χ2n) is 7.62. The van der Waals surface area contributed by atoms with Crippen molar-refractivity contribution in [3.05, 3.63) is 60.2 Å². The molecule has 0 atom stereocenters. The molecule has 2 amide bonds. The Balaban J connectivity index is 1.50. The first-order chi connectivity index (χ1) is 14.5. The van der Waals surface area contributed by atoms with E-state index in [9.17, 15) is 9.18 Å². The van der Waals surface area contributed by atoms with Crippen molar-refractivity contribution < 1.29 is 13.9 Å². The van der Waals surface area contributed by atoms with Gasteiger partial charge in [-0.15, -0.1) is 0 Å². The van der Waals surface area contributed by atoms with Gasteiger partial charge in [0.05, 0.1) is 7.11 Å². The Labute approximate surface area is 175 Å². The number of nitrogens with one attached hydrogen (secondary N) is 1. The summed E-state index contributed by atoms with van der Waals surface area (Å²) in [6.07, 6.45) is 6.80. The van der Waals surface area contributed by atoms with Gasteiger partial charge in [-0.2, -0.15) is 0 Å². The molecule has 0 saturated carbocycles. The lowest BCUT2D eigenvalue weighted by atomic mass is 10.00. The summed E-state index contributed by atoms with van der Waals surface area (Å²) < 4.78 is 21.0. The fourth-order valence-corrected chi connectivity index (χ4v) is 3.78. The minimum Gasteiger partial charge on any atom is -0.494 e. The van der Waals surface area contributed by atoms with Crippen LogP contribution in [-0.2, 0) is 0 Å². The first-order valence-electron chi connectivity index (χ1n) is 10.0. The van der Waals surface area contributed by atoms with Gasteiger partial charge in [-0.1, -0.05) is 6.08 Å². The summed E-state index contributed by atoms with van der Waals surface area (Å²) in [6, 6.07) is 8.49. The number of urea groups is 1. The third kappa shape index (κ3) is 3.75. The number of halogens is 1. The van der Waals surface area contributed by atoms with Crippen molar-refractivity contribution >= 4 is 28.3 Å². The molecule has 0 spiro atoms. The van der Waals surface area contributed by atoms with Crippen molar-refractivity contribution in [2.45, 2.75) is 26.3 Å². The number of fused-ring (bicyclic) bond motifs is 1. The molecule has 2 aromatic heterocycles.